The maximum Gasteiger partial charge on any atom is 0.518 e. The third-order valence-electron chi connectivity index (χ3n) is 3.65. The van der Waals surface area contributed by atoms with Crippen molar-refractivity contribution in [2.45, 2.75) is 71.4 Å². The summed E-state index contributed by atoms with van der Waals surface area (Å²) in [6, 6.07) is 0. The van der Waals surface area contributed by atoms with E-state index in [0.717, 1.165) is 6.42 Å². The number of rotatable bonds is 13. The fourth-order valence-electron chi connectivity index (χ4n) is 2.74. The van der Waals surface area contributed by atoms with Crippen LogP contribution in [-0.4, -0.2) is 60.5 Å². The van der Waals surface area contributed by atoms with Crippen molar-refractivity contribution in [2.24, 2.45) is 5.73 Å². The molecule has 23 heavy (non-hydrogen) atoms. The monoisotopic (exact) mass is 351 g/mol. The molecule has 140 valence electrons. The molecule has 8 nitrogen and oxygen atoms in total. The third kappa shape index (κ3) is 8.01. The lowest BCUT2D eigenvalue weighted by Gasteiger charge is -2.35. The first-order valence-corrected chi connectivity index (χ1v) is 10.00. The van der Waals surface area contributed by atoms with Gasteiger partial charge in [-0.15, -0.1) is 0 Å². The van der Waals surface area contributed by atoms with Crippen molar-refractivity contribution in [3.63, 3.8) is 0 Å². The van der Waals surface area contributed by atoms with Crippen LogP contribution in [-0.2, 0) is 13.3 Å². The van der Waals surface area contributed by atoms with Gasteiger partial charge in [-0.3, -0.25) is 21.3 Å². The van der Waals surface area contributed by atoms with E-state index in [-0.39, 0.29) is 30.3 Å². The Morgan fingerprint density at radius 2 is 1.17 bits per heavy atom. The molecule has 0 aromatic carbocycles. The summed E-state index contributed by atoms with van der Waals surface area (Å²) in [5.41, 5.74) is 5.74. The highest BCUT2D eigenvalue weighted by Crippen LogP contribution is 2.15. The Balaban J connectivity index is 4.51. The molecule has 0 aliphatic heterocycles. The van der Waals surface area contributed by atoms with Crippen LogP contribution in [0.3, 0.4) is 0 Å². The Hall–Kier alpha value is -0.103. The molecule has 0 bridgehead atoms. The van der Waals surface area contributed by atoms with Gasteiger partial charge in [0, 0.05) is 21.3 Å². The van der Waals surface area contributed by atoms with Crippen LogP contribution in [0.1, 0.15) is 41.0 Å². The zero-order chi connectivity index (χ0) is 18.0. The summed E-state index contributed by atoms with van der Waals surface area (Å²) >= 11 is 0. The molecule has 0 aliphatic rings. The van der Waals surface area contributed by atoms with E-state index in [9.17, 15) is 0 Å². The standard InChI is InChI=1S/C14H37N5O3Si/c1-9-14(23(20-6,21-7)22-8)19-13(5)18-12(4)17-11(3)16-10(2)15/h10-14,16-19H,9,15H2,1-8H3. The predicted molar refractivity (Wildman–Crippen MR) is 95.4 cm³/mol. The first-order valence-electron chi connectivity index (χ1n) is 8.19. The van der Waals surface area contributed by atoms with E-state index in [4.69, 9.17) is 19.0 Å². The largest absolute Gasteiger partial charge is 0.518 e. The number of nitrogens with two attached hydrogens (primary N) is 1. The van der Waals surface area contributed by atoms with E-state index in [2.05, 4.69) is 42.0 Å². The summed E-state index contributed by atoms with van der Waals surface area (Å²) < 4.78 is 16.7. The van der Waals surface area contributed by atoms with Crippen LogP contribution < -0.4 is 27.0 Å². The van der Waals surface area contributed by atoms with Crippen molar-refractivity contribution < 1.29 is 13.3 Å². The summed E-state index contributed by atoms with van der Waals surface area (Å²) in [7, 11) is 2.18. The minimum absolute atomic E-state index is 0.0109. The van der Waals surface area contributed by atoms with Gasteiger partial charge in [0.05, 0.1) is 30.3 Å². The molecule has 0 aromatic heterocycles. The Labute approximate surface area is 142 Å². The van der Waals surface area contributed by atoms with Gasteiger partial charge < -0.3 is 19.0 Å². The van der Waals surface area contributed by atoms with Crippen molar-refractivity contribution in [2.75, 3.05) is 21.3 Å². The van der Waals surface area contributed by atoms with E-state index in [1.54, 1.807) is 21.3 Å². The van der Waals surface area contributed by atoms with Crippen LogP contribution in [0.25, 0.3) is 0 Å². The number of hydrogen-bond donors (Lipinski definition) is 5. The average molecular weight is 352 g/mol. The second-order valence-corrected chi connectivity index (χ2v) is 8.93. The maximum absolute atomic E-state index is 5.73. The fourth-order valence-corrected chi connectivity index (χ4v) is 5.04. The normalized spacial score (nSPS) is 19.2. The summed E-state index contributed by atoms with van der Waals surface area (Å²) in [6.07, 6.45) is 1.05. The molecule has 0 aliphatic carbocycles. The minimum Gasteiger partial charge on any atom is -0.376 e. The first-order chi connectivity index (χ1) is 10.7. The van der Waals surface area contributed by atoms with Gasteiger partial charge in [-0.05, 0) is 34.1 Å². The first kappa shape index (κ1) is 22.9. The third-order valence-corrected chi connectivity index (χ3v) is 6.79. The van der Waals surface area contributed by atoms with Crippen LogP contribution in [0.5, 0.6) is 0 Å². The van der Waals surface area contributed by atoms with Crippen molar-refractivity contribution in [1.29, 1.82) is 0 Å². The van der Waals surface area contributed by atoms with Gasteiger partial charge in [-0.25, -0.2) is 0 Å². The lowest BCUT2D eigenvalue weighted by molar-refractivity contribution is 0.102. The Morgan fingerprint density at radius 3 is 1.52 bits per heavy atom. The molecule has 9 heteroatoms. The fraction of sp³-hybridized carbons (Fsp3) is 1.00. The number of hydrogen-bond acceptors (Lipinski definition) is 8. The smallest absolute Gasteiger partial charge is 0.376 e. The highest BCUT2D eigenvalue weighted by atomic mass is 28.4. The van der Waals surface area contributed by atoms with Gasteiger partial charge in [-0.2, -0.15) is 0 Å². The molecule has 0 rings (SSSR count). The predicted octanol–water partition coefficient (Wildman–Crippen LogP) is -0.117. The zero-order valence-electron chi connectivity index (χ0n) is 15.9. The van der Waals surface area contributed by atoms with E-state index in [1.165, 1.54) is 0 Å². The molecule has 0 heterocycles. The topological polar surface area (TPSA) is 102 Å². The molecule has 5 unspecified atom stereocenters. The molecule has 0 aromatic rings. The van der Waals surface area contributed by atoms with Crippen molar-refractivity contribution in [3.8, 4) is 0 Å². The van der Waals surface area contributed by atoms with Crippen molar-refractivity contribution in [3.05, 3.63) is 0 Å². The second kappa shape index (κ2) is 11.5. The van der Waals surface area contributed by atoms with Crippen LogP contribution >= 0.6 is 0 Å². The SMILES string of the molecule is CCC(NC(C)NC(C)NC(C)NC(C)N)[Si](OC)(OC)OC. The average Bonchev–Trinajstić information content (AvgIpc) is 2.46. The van der Waals surface area contributed by atoms with Crippen LogP contribution in [0.15, 0.2) is 0 Å². The quantitative estimate of drug-likeness (QED) is 0.231. The van der Waals surface area contributed by atoms with E-state index in [1.807, 2.05) is 13.8 Å². The summed E-state index contributed by atoms with van der Waals surface area (Å²) in [4.78, 5) is 0. The lowest BCUT2D eigenvalue weighted by atomic mass is 10.4. The van der Waals surface area contributed by atoms with Gasteiger partial charge in [-0.1, -0.05) is 6.92 Å². The molecule has 0 fully saturated rings. The molecule has 5 atom stereocenters. The van der Waals surface area contributed by atoms with Crippen molar-refractivity contribution in [1.82, 2.24) is 21.3 Å². The molecule has 0 saturated carbocycles. The number of nitrogens with one attached hydrogen (secondary N) is 4. The van der Waals surface area contributed by atoms with Crippen LogP contribution in [0, 0.1) is 0 Å². The lowest BCUT2D eigenvalue weighted by Crippen LogP contribution is -2.65. The highest BCUT2D eigenvalue weighted by Gasteiger charge is 2.46. The molecule has 0 radical (unpaired) electrons. The summed E-state index contributed by atoms with van der Waals surface area (Å²) in [5, 5.41) is 13.5. The van der Waals surface area contributed by atoms with Crippen LogP contribution in [0.4, 0.5) is 0 Å². The van der Waals surface area contributed by atoms with Gasteiger partial charge in [0.2, 0.25) is 0 Å². The molecule has 6 N–H and O–H groups in total. The Kier molecular flexibility index (Phi) is 11.4. The molecule has 0 amide bonds. The summed E-state index contributed by atoms with van der Waals surface area (Å²) in [6.45, 7) is 10.2. The summed E-state index contributed by atoms with van der Waals surface area (Å²) in [5.74, 6) is 0. The van der Waals surface area contributed by atoms with Gasteiger partial charge in [0.1, 0.15) is 0 Å². The highest BCUT2D eigenvalue weighted by molar-refractivity contribution is 6.62. The zero-order valence-corrected chi connectivity index (χ0v) is 16.9. The van der Waals surface area contributed by atoms with Gasteiger partial charge in [0.15, 0.2) is 0 Å². The molecule has 0 spiro atoms. The van der Waals surface area contributed by atoms with E-state index in [0.29, 0.717) is 0 Å². The molecular formula is C14H37N5O3Si. The van der Waals surface area contributed by atoms with Gasteiger partial charge >= 0.3 is 8.80 Å². The molecular weight excluding hydrogens is 314 g/mol. The van der Waals surface area contributed by atoms with Crippen molar-refractivity contribution >= 4 is 8.80 Å². The second-order valence-electron chi connectivity index (χ2n) is 5.80. The molecule has 0 saturated heterocycles. The maximum atomic E-state index is 5.73. The van der Waals surface area contributed by atoms with Crippen LogP contribution in [0.2, 0.25) is 0 Å². The Morgan fingerprint density at radius 1 is 0.783 bits per heavy atom. The van der Waals surface area contributed by atoms with E-state index >= 15 is 0 Å². The van der Waals surface area contributed by atoms with Gasteiger partial charge in [0.25, 0.3) is 0 Å². The minimum atomic E-state index is -2.71. The van der Waals surface area contributed by atoms with E-state index < -0.39 is 8.80 Å². The Bertz CT molecular complexity index is 300.